The van der Waals surface area contributed by atoms with Crippen LogP contribution in [0.1, 0.15) is 41.3 Å². The van der Waals surface area contributed by atoms with Gasteiger partial charge in [0.15, 0.2) is 0 Å². The number of benzene rings is 3. The summed E-state index contributed by atoms with van der Waals surface area (Å²) in [7, 11) is 1.17. The molecule has 2 heterocycles. The number of fused-ring (bicyclic) bond motifs is 1. The van der Waals surface area contributed by atoms with E-state index >= 15 is 4.39 Å². The number of amides is 2. The maximum Gasteiger partial charge on any atom is 0.338 e. The van der Waals surface area contributed by atoms with E-state index in [1.54, 1.807) is 44.2 Å². The minimum atomic E-state index is -1.45. The van der Waals surface area contributed by atoms with Crippen LogP contribution >= 0.6 is 23.2 Å². The normalized spacial score (nSPS) is 23.0. The van der Waals surface area contributed by atoms with Crippen LogP contribution in [0.5, 0.6) is 0 Å². The highest BCUT2D eigenvalue weighted by Gasteiger charge is 2.66. The van der Waals surface area contributed by atoms with Crippen LogP contribution in [0, 0.1) is 28.8 Å². The molecule has 0 radical (unpaired) electrons. The number of carbonyl (C=O) groups excluding carboxylic acids is 3. The number of nitro groups is 1. The molecule has 4 atom stereocenters. The molecule has 0 aliphatic carbocycles. The molecule has 0 bridgehead atoms. The van der Waals surface area contributed by atoms with Crippen LogP contribution in [0.3, 0.4) is 0 Å². The molecule has 2 aliphatic heterocycles. The zero-order chi connectivity index (χ0) is 32.1. The van der Waals surface area contributed by atoms with Gasteiger partial charge in [0.25, 0.3) is 5.69 Å². The molecule has 44 heavy (non-hydrogen) atoms. The predicted molar refractivity (Wildman–Crippen MR) is 164 cm³/mol. The van der Waals surface area contributed by atoms with E-state index in [9.17, 15) is 24.5 Å². The highest BCUT2D eigenvalue weighted by Crippen LogP contribution is 2.55. The average Bonchev–Trinajstić information content (AvgIpc) is 3.43. The maximum atomic E-state index is 15.8. The van der Waals surface area contributed by atoms with Gasteiger partial charge in [0.2, 0.25) is 11.8 Å². The Morgan fingerprint density at radius 3 is 2.52 bits per heavy atom. The van der Waals surface area contributed by atoms with Crippen molar-refractivity contribution in [3.05, 3.63) is 97.3 Å². The maximum absolute atomic E-state index is 15.8. The topological polar surface area (TPSA) is 122 Å². The molecule has 13 heteroatoms. The lowest BCUT2D eigenvalue weighted by Gasteiger charge is -2.40. The molecule has 2 fully saturated rings. The molecule has 2 saturated heterocycles. The number of anilines is 2. The van der Waals surface area contributed by atoms with E-state index in [0.717, 1.165) is 6.07 Å². The van der Waals surface area contributed by atoms with E-state index < -0.39 is 57.6 Å². The number of likely N-dealkylation sites (N-methyl/N-ethyl adjacent to an activating group) is 1. The fourth-order valence-corrected chi connectivity index (χ4v) is 7.14. The second kappa shape index (κ2) is 11.8. The third kappa shape index (κ3) is 4.98. The summed E-state index contributed by atoms with van der Waals surface area (Å²) in [6.45, 7) is 5.34. The van der Waals surface area contributed by atoms with Crippen molar-refractivity contribution in [3.63, 3.8) is 0 Å². The summed E-state index contributed by atoms with van der Waals surface area (Å²) < 4.78 is 20.6. The fourth-order valence-electron chi connectivity index (χ4n) is 6.77. The number of rotatable bonds is 7. The van der Waals surface area contributed by atoms with Crippen molar-refractivity contribution in [1.29, 1.82) is 0 Å². The first-order chi connectivity index (χ1) is 20.8. The Morgan fingerprint density at radius 1 is 1.18 bits per heavy atom. The van der Waals surface area contributed by atoms with Crippen molar-refractivity contribution in [1.82, 2.24) is 4.90 Å². The first-order valence-electron chi connectivity index (χ1n) is 13.8. The number of nitrogens with zero attached hydrogens (tertiary/aromatic N) is 3. The van der Waals surface area contributed by atoms with Gasteiger partial charge in [0.1, 0.15) is 17.0 Å². The van der Waals surface area contributed by atoms with Gasteiger partial charge in [-0.15, -0.1) is 0 Å². The zero-order valence-electron chi connectivity index (χ0n) is 24.3. The number of likely N-dealkylation sites (tertiary alicyclic amines) is 1. The van der Waals surface area contributed by atoms with Gasteiger partial charge >= 0.3 is 5.97 Å². The summed E-state index contributed by atoms with van der Waals surface area (Å²) in [5.41, 5.74) is -1.05. The molecule has 10 nitrogen and oxygen atoms in total. The summed E-state index contributed by atoms with van der Waals surface area (Å²) in [6, 6.07) is 12.9. The van der Waals surface area contributed by atoms with Gasteiger partial charge in [-0.1, -0.05) is 48.3 Å². The SMILES string of the molecule is CCN1[C@H]2CN(c3cc(C)c(C(=O)OC)cc3[N+](=O)[O-])C(=O)[C@H]2[C@H](c2cccc(Cl)c2F)[C@]1(C)C(=O)Nc1cccc(Cl)c1. The summed E-state index contributed by atoms with van der Waals surface area (Å²) in [5, 5.41) is 15.3. The van der Waals surface area contributed by atoms with Crippen molar-refractivity contribution < 1.29 is 28.4 Å². The van der Waals surface area contributed by atoms with Gasteiger partial charge in [0.05, 0.1) is 28.5 Å². The van der Waals surface area contributed by atoms with Crippen LogP contribution in [0.4, 0.5) is 21.5 Å². The Morgan fingerprint density at radius 2 is 1.89 bits per heavy atom. The Labute approximate surface area is 262 Å². The van der Waals surface area contributed by atoms with E-state index in [2.05, 4.69) is 5.32 Å². The number of nitrogens with one attached hydrogen (secondary N) is 1. The number of halogens is 3. The molecule has 3 aromatic carbocycles. The van der Waals surface area contributed by atoms with E-state index in [0.29, 0.717) is 22.8 Å². The molecular formula is C31H29Cl2FN4O6. The van der Waals surface area contributed by atoms with Gasteiger partial charge < -0.3 is 15.0 Å². The molecule has 0 saturated carbocycles. The van der Waals surface area contributed by atoms with Gasteiger partial charge in [-0.2, -0.15) is 0 Å². The highest BCUT2D eigenvalue weighted by molar-refractivity contribution is 6.31. The third-order valence-electron chi connectivity index (χ3n) is 8.71. The van der Waals surface area contributed by atoms with Crippen LogP contribution in [-0.2, 0) is 14.3 Å². The number of methoxy groups -OCH3 is 1. The number of aryl methyl sites for hydroxylation is 1. The number of esters is 1. The van der Waals surface area contributed by atoms with Gasteiger partial charge in [-0.05, 0) is 61.9 Å². The Bertz CT molecular complexity index is 1700. The first-order valence-corrected chi connectivity index (χ1v) is 14.6. The third-order valence-corrected chi connectivity index (χ3v) is 9.24. The van der Waals surface area contributed by atoms with E-state index in [-0.39, 0.29) is 28.4 Å². The van der Waals surface area contributed by atoms with Crippen molar-refractivity contribution in [3.8, 4) is 0 Å². The summed E-state index contributed by atoms with van der Waals surface area (Å²) in [6.07, 6.45) is 0. The van der Waals surface area contributed by atoms with Crippen LogP contribution in [0.25, 0.3) is 0 Å². The molecule has 2 aliphatic rings. The predicted octanol–water partition coefficient (Wildman–Crippen LogP) is 5.98. The summed E-state index contributed by atoms with van der Waals surface area (Å²) >= 11 is 12.3. The van der Waals surface area contributed by atoms with Crippen molar-refractivity contribution in [2.45, 2.75) is 38.3 Å². The fraction of sp³-hybridized carbons (Fsp3) is 0.323. The second-order valence-electron chi connectivity index (χ2n) is 11.0. The van der Waals surface area contributed by atoms with Crippen molar-refractivity contribution in [2.24, 2.45) is 5.92 Å². The molecule has 0 spiro atoms. The molecule has 5 rings (SSSR count). The van der Waals surface area contributed by atoms with Gasteiger partial charge in [0, 0.05) is 35.3 Å². The number of carbonyl (C=O) groups is 3. The standard InChI is InChI=1S/C31H29Cl2FN4O6/c1-5-37-24-15-36(22-12-16(2)20(29(40)44-4)14-23(22)38(42)43)28(39)25(24)26(19-10-7-11-21(33)27(19)34)31(37,3)30(41)35-18-9-6-8-17(32)13-18/h6-14,24-26H,5,15H2,1-4H3,(H,35,41)/t24-,25+,26-,31+/m0/s1. The Balaban J connectivity index is 1.65. The average molecular weight is 643 g/mol. The quantitative estimate of drug-likeness (QED) is 0.191. The van der Waals surface area contributed by atoms with E-state index in [4.69, 9.17) is 27.9 Å². The number of ether oxygens (including phenoxy) is 1. The summed E-state index contributed by atoms with van der Waals surface area (Å²) in [5.74, 6) is -4.52. The molecule has 1 N–H and O–H groups in total. The molecule has 3 aromatic rings. The van der Waals surface area contributed by atoms with Crippen molar-refractivity contribution in [2.75, 3.05) is 30.4 Å². The lowest BCUT2D eigenvalue weighted by Crippen LogP contribution is -2.57. The van der Waals surface area contributed by atoms with E-state index in [1.807, 2.05) is 11.8 Å². The van der Waals surface area contributed by atoms with Crippen LogP contribution in [0.15, 0.2) is 54.6 Å². The van der Waals surface area contributed by atoms with Gasteiger partial charge in [-0.25, -0.2) is 9.18 Å². The van der Waals surface area contributed by atoms with Gasteiger partial charge in [-0.3, -0.25) is 24.6 Å². The van der Waals surface area contributed by atoms with Crippen LogP contribution in [0.2, 0.25) is 10.0 Å². The number of hydrogen-bond acceptors (Lipinski definition) is 7. The Kier molecular flexibility index (Phi) is 8.41. The minimum Gasteiger partial charge on any atom is -0.465 e. The highest BCUT2D eigenvalue weighted by atomic mass is 35.5. The monoisotopic (exact) mass is 642 g/mol. The Hall–Kier alpha value is -4.06. The minimum absolute atomic E-state index is 0.00545. The molecule has 0 unspecified atom stereocenters. The molecule has 230 valence electrons. The molecular weight excluding hydrogens is 614 g/mol. The summed E-state index contributed by atoms with van der Waals surface area (Å²) in [4.78, 5) is 55.5. The van der Waals surface area contributed by atoms with Crippen molar-refractivity contribution >= 4 is 58.0 Å². The molecule has 0 aromatic heterocycles. The van der Waals surface area contributed by atoms with Crippen LogP contribution in [-0.4, -0.2) is 59.4 Å². The largest absolute Gasteiger partial charge is 0.465 e. The van der Waals surface area contributed by atoms with Crippen LogP contribution < -0.4 is 10.2 Å². The lowest BCUT2D eigenvalue weighted by molar-refractivity contribution is -0.384. The molecule has 2 amide bonds. The first kappa shape index (κ1) is 31.4. The second-order valence-corrected chi connectivity index (χ2v) is 11.8. The van der Waals surface area contributed by atoms with E-state index in [1.165, 1.54) is 30.2 Å². The number of nitro benzene ring substituents is 1. The lowest BCUT2D eigenvalue weighted by atomic mass is 9.74. The number of hydrogen-bond donors (Lipinski definition) is 1. The zero-order valence-corrected chi connectivity index (χ0v) is 25.8. The smallest absolute Gasteiger partial charge is 0.338 e.